The minimum atomic E-state index is -0.219. The van der Waals surface area contributed by atoms with Gasteiger partial charge in [0.05, 0.1) is 17.9 Å². The molecule has 7 heteroatoms. The number of amides is 1. The van der Waals surface area contributed by atoms with Gasteiger partial charge in [-0.05, 0) is 44.7 Å². The van der Waals surface area contributed by atoms with Crippen molar-refractivity contribution in [1.29, 1.82) is 0 Å². The second-order valence-corrected chi connectivity index (χ2v) is 8.57. The van der Waals surface area contributed by atoms with Crippen molar-refractivity contribution in [3.8, 4) is 17.1 Å². The minimum absolute atomic E-state index is 0.0695. The molecule has 1 amide bonds. The van der Waals surface area contributed by atoms with Crippen LogP contribution < -0.4 is 10.1 Å². The number of nitrogens with one attached hydrogen (secondary N) is 1. The highest BCUT2D eigenvalue weighted by Crippen LogP contribution is 2.32. The minimum Gasteiger partial charge on any atom is -0.496 e. The summed E-state index contributed by atoms with van der Waals surface area (Å²) < 4.78 is 7.50. The van der Waals surface area contributed by atoms with Gasteiger partial charge in [-0.15, -0.1) is 10.2 Å². The summed E-state index contributed by atoms with van der Waals surface area (Å²) in [6.07, 6.45) is 6.37. The van der Waals surface area contributed by atoms with Crippen molar-refractivity contribution in [2.24, 2.45) is 5.92 Å². The van der Waals surface area contributed by atoms with E-state index in [1.165, 1.54) is 43.9 Å². The van der Waals surface area contributed by atoms with E-state index < -0.39 is 0 Å². The summed E-state index contributed by atoms with van der Waals surface area (Å²) in [6, 6.07) is 7.78. The van der Waals surface area contributed by atoms with E-state index >= 15 is 0 Å². The van der Waals surface area contributed by atoms with Gasteiger partial charge < -0.3 is 14.6 Å². The van der Waals surface area contributed by atoms with Crippen molar-refractivity contribution in [3.63, 3.8) is 0 Å². The number of ether oxygens (including phenoxy) is 1. The number of carbonyl (C=O) groups excluding carboxylic acids is 1. The number of carbonyl (C=O) groups is 1. The third-order valence-corrected chi connectivity index (χ3v) is 6.40. The molecule has 0 bridgehead atoms. The fourth-order valence-corrected chi connectivity index (χ4v) is 4.62. The molecule has 1 heterocycles. The van der Waals surface area contributed by atoms with Gasteiger partial charge in [-0.3, -0.25) is 4.79 Å². The van der Waals surface area contributed by atoms with Crippen molar-refractivity contribution in [3.05, 3.63) is 24.3 Å². The maximum atomic E-state index is 12.6. The Balaban J connectivity index is 1.66. The van der Waals surface area contributed by atoms with Crippen molar-refractivity contribution in [2.75, 3.05) is 13.7 Å². The van der Waals surface area contributed by atoms with Crippen LogP contribution in [-0.4, -0.2) is 39.6 Å². The maximum Gasteiger partial charge on any atom is 0.233 e. The van der Waals surface area contributed by atoms with Crippen LogP contribution in [0.5, 0.6) is 5.75 Å². The maximum absolute atomic E-state index is 12.6. The predicted molar refractivity (Wildman–Crippen MR) is 113 cm³/mol. The van der Waals surface area contributed by atoms with Gasteiger partial charge in [-0.1, -0.05) is 43.2 Å². The van der Waals surface area contributed by atoms with Gasteiger partial charge in [-0.25, -0.2) is 0 Å². The quantitative estimate of drug-likeness (QED) is 0.672. The molecule has 152 valence electrons. The molecule has 1 unspecified atom stereocenters. The van der Waals surface area contributed by atoms with Crippen molar-refractivity contribution < 1.29 is 9.53 Å². The molecule has 0 aliphatic heterocycles. The summed E-state index contributed by atoms with van der Waals surface area (Å²) in [4.78, 5) is 12.6. The highest BCUT2D eigenvalue weighted by molar-refractivity contribution is 8.00. The molecule has 1 fully saturated rings. The number of hydrogen-bond donors (Lipinski definition) is 1. The molecule has 1 atom stereocenters. The first-order chi connectivity index (χ1) is 13.6. The number of methoxy groups -OCH3 is 1. The van der Waals surface area contributed by atoms with Crippen LogP contribution in [0.2, 0.25) is 0 Å². The highest BCUT2D eigenvalue weighted by atomic mass is 32.2. The summed E-state index contributed by atoms with van der Waals surface area (Å²) in [6.45, 7) is 5.49. The van der Waals surface area contributed by atoms with Gasteiger partial charge in [0.15, 0.2) is 11.0 Å². The first kappa shape index (κ1) is 20.7. The second-order valence-electron chi connectivity index (χ2n) is 7.26. The Labute approximate surface area is 171 Å². The predicted octanol–water partition coefficient (Wildman–Crippen LogP) is 4.15. The zero-order chi connectivity index (χ0) is 19.9. The zero-order valence-corrected chi connectivity index (χ0v) is 17.8. The molecule has 1 aromatic heterocycles. The lowest BCUT2D eigenvalue weighted by molar-refractivity contribution is -0.120. The average Bonchev–Trinajstić information content (AvgIpc) is 3.14. The van der Waals surface area contributed by atoms with E-state index in [0.717, 1.165) is 35.4 Å². The number of hydrogen-bond acceptors (Lipinski definition) is 5. The first-order valence-electron chi connectivity index (χ1n) is 10.1. The molecule has 1 aliphatic carbocycles. The topological polar surface area (TPSA) is 69.0 Å². The Kier molecular flexibility index (Phi) is 7.36. The molecular weight excluding hydrogens is 372 g/mol. The molecule has 3 rings (SSSR count). The molecule has 6 nitrogen and oxygen atoms in total. The normalized spacial score (nSPS) is 16.0. The van der Waals surface area contributed by atoms with E-state index in [1.54, 1.807) is 7.11 Å². The third kappa shape index (κ3) is 4.87. The van der Waals surface area contributed by atoms with E-state index in [0.29, 0.717) is 5.92 Å². The number of rotatable bonds is 8. The molecule has 1 N–H and O–H groups in total. The van der Waals surface area contributed by atoms with E-state index in [9.17, 15) is 4.79 Å². The Morgan fingerprint density at radius 2 is 2.04 bits per heavy atom. The smallest absolute Gasteiger partial charge is 0.233 e. The number of nitrogens with zero attached hydrogens (tertiary/aromatic N) is 3. The third-order valence-electron chi connectivity index (χ3n) is 5.32. The van der Waals surface area contributed by atoms with Crippen LogP contribution in [0.3, 0.4) is 0 Å². The lowest BCUT2D eigenvalue weighted by Crippen LogP contribution is -2.35. The van der Waals surface area contributed by atoms with Crippen LogP contribution in [0.25, 0.3) is 11.4 Å². The molecule has 1 saturated carbocycles. The van der Waals surface area contributed by atoms with Crippen LogP contribution in [0, 0.1) is 5.92 Å². The summed E-state index contributed by atoms with van der Waals surface area (Å²) in [5, 5.41) is 12.4. The zero-order valence-electron chi connectivity index (χ0n) is 17.0. The second kappa shape index (κ2) is 9.96. The standard InChI is InChI=1S/C21H30N4O2S/c1-4-25-19(17-12-8-9-13-18(17)27-3)23-24-21(25)28-15(2)20(26)22-14-16-10-6-5-7-11-16/h8-9,12-13,15-16H,4-7,10-11,14H2,1-3H3,(H,22,26). The number of benzene rings is 1. The van der Waals surface area contributed by atoms with Gasteiger partial charge in [0, 0.05) is 13.1 Å². The van der Waals surface area contributed by atoms with Gasteiger partial charge in [0.25, 0.3) is 0 Å². The van der Waals surface area contributed by atoms with Gasteiger partial charge in [0.1, 0.15) is 5.75 Å². The van der Waals surface area contributed by atoms with Crippen LogP contribution in [-0.2, 0) is 11.3 Å². The van der Waals surface area contributed by atoms with Crippen LogP contribution in [0.4, 0.5) is 0 Å². The van der Waals surface area contributed by atoms with Crippen LogP contribution in [0.15, 0.2) is 29.4 Å². The largest absolute Gasteiger partial charge is 0.496 e. The Bertz CT molecular complexity index is 786. The Hall–Kier alpha value is -2.02. The molecule has 2 aromatic rings. The van der Waals surface area contributed by atoms with E-state index in [4.69, 9.17) is 4.74 Å². The molecule has 1 aromatic carbocycles. The van der Waals surface area contributed by atoms with Gasteiger partial charge in [-0.2, -0.15) is 0 Å². The molecule has 1 aliphatic rings. The molecular formula is C21H30N4O2S. The van der Waals surface area contributed by atoms with Gasteiger partial charge in [0.2, 0.25) is 5.91 Å². The fourth-order valence-electron chi connectivity index (χ4n) is 3.68. The summed E-state index contributed by atoms with van der Waals surface area (Å²) >= 11 is 1.45. The van der Waals surface area contributed by atoms with Gasteiger partial charge >= 0.3 is 0 Å². The van der Waals surface area contributed by atoms with E-state index in [1.807, 2.05) is 35.8 Å². The lowest BCUT2D eigenvalue weighted by Gasteiger charge is -2.22. The Morgan fingerprint density at radius 3 is 2.75 bits per heavy atom. The van der Waals surface area contributed by atoms with E-state index in [2.05, 4.69) is 22.4 Å². The van der Waals surface area contributed by atoms with Crippen LogP contribution >= 0.6 is 11.8 Å². The van der Waals surface area contributed by atoms with Crippen LogP contribution in [0.1, 0.15) is 46.0 Å². The summed E-state index contributed by atoms with van der Waals surface area (Å²) in [5.41, 5.74) is 0.903. The molecule has 0 saturated heterocycles. The summed E-state index contributed by atoms with van der Waals surface area (Å²) in [7, 11) is 1.65. The molecule has 28 heavy (non-hydrogen) atoms. The van der Waals surface area contributed by atoms with E-state index in [-0.39, 0.29) is 11.2 Å². The summed E-state index contributed by atoms with van der Waals surface area (Å²) in [5.74, 6) is 2.23. The fraction of sp³-hybridized carbons (Fsp3) is 0.571. The average molecular weight is 403 g/mol. The monoisotopic (exact) mass is 402 g/mol. The Morgan fingerprint density at radius 1 is 1.29 bits per heavy atom. The lowest BCUT2D eigenvalue weighted by atomic mass is 9.89. The van der Waals surface area contributed by atoms with Crippen molar-refractivity contribution in [2.45, 2.75) is 62.9 Å². The highest BCUT2D eigenvalue weighted by Gasteiger charge is 2.22. The van der Waals surface area contributed by atoms with Crippen molar-refractivity contribution >= 4 is 17.7 Å². The SMILES string of the molecule is CCn1c(SC(C)C(=O)NCC2CCCCC2)nnc1-c1ccccc1OC. The molecule has 0 radical (unpaired) electrons. The first-order valence-corrected chi connectivity index (χ1v) is 11.0. The number of para-hydroxylation sites is 1. The number of aromatic nitrogens is 3. The number of thioether (sulfide) groups is 1. The molecule has 0 spiro atoms. The van der Waals surface area contributed by atoms with Crippen molar-refractivity contribution in [1.82, 2.24) is 20.1 Å².